The zero-order chi connectivity index (χ0) is 14.7. The summed E-state index contributed by atoms with van der Waals surface area (Å²) in [4.78, 5) is 21.9. The Morgan fingerprint density at radius 3 is 2.75 bits per heavy atom. The van der Waals surface area contributed by atoms with Gasteiger partial charge in [-0.1, -0.05) is 6.07 Å². The van der Waals surface area contributed by atoms with Crippen molar-refractivity contribution in [1.82, 2.24) is 0 Å². The van der Waals surface area contributed by atoms with E-state index >= 15 is 0 Å². The van der Waals surface area contributed by atoms with Crippen molar-refractivity contribution in [2.45, 2.75) is 6.04 Å². The minimum Gasteiger partial charge on any atom is -0.479 e. The van der Waals surface area contributed by atoms with E-state index in [4.69, 9.17) is 0 Å². The zero-order valence-corrected chi connectivity index (χ0v) is 10.8. The van der Waals surface area contributed by atoms with Crippen molar-refractivity contribution in [1.29, 1.82) is 0 Å². The molecule has 2 N–H and O–H groups in total. The van der Waals surface area contributed by atoms with Crippen LogP contribution in [0.4, 0.5) is 15.8 Å². The van der Waals surface area contributed by atoms with Gasteiger partial charge in [-0.25, -0.2) is 9.18 Å². The molecule has 1 heterocycles. The first-order valence-electron chi connectivity index (χ1n) is 5.45. The predicted molar refractivity (Wildman–Crippen MR) is 71.4 cm³/mol. The van der Waals surface area contributed by atoms with Gasteiger partial charge in [0.05, 0.1) is 4.92 Å². The summed E-state index contributed by atoms with van der Waals surface area (Å²) in [5.74, 6) is -1.89. The molecule has 20 heavy (non-hydrogen) atoms. The molecule has 0 saturated heterocycles. The van der Waals surface area contributed by atoms with Crippen LogP contribution in [0.15, 0.2) is 35.7 Å². The number of anilines is 1. The van der Waals surface area contributed by atoms with Crippen LogP contribution >= 0.6 is 11.3 Å². The molecule has 1 unspecified atom stereocenters. The van der Waals surface area contributed by atoms with E-state index in [2.05, 4.69) is 5.32 Å². The van der Waals surface area contributed by atoms with Gasteiger partial charge in [0, 0.05) is 17.0 Å². The number of nitrogens with zero attached hydrogens (tertiary/aromatic N) is 1. The van der Waals surface area contributed by atoms with Crippen LogP contribution in [0.25, 0.3) is 0 Å². The summed E-state index contributed by atoms with van der Waals surface area (Å²) in [6.07, 6.45) is 0. The van der Waals surface area contributed by atoms with Crippen LogP contribution in [0.3, 0.4) is 0 Å². The molecule has 0 spiro atoms. The average Bonchev–Trinajstić information content (AvgIpc) is 2.88. The summed E-state index contributed by atoms with van der Waals surface area (Å²) in [6.45, 7) is 0. The SMILES string of the molecule is O=C(O)C(Nc1cc(F)ccc1[N+](=O)[O-])c1cccs1. The van der Waals surface area contributed by atoms with Gasteiger partial charge in [0.15, 0.2) is 6.04 Å². The summed E-state index contributed by atoms with van der Waals surface area (Å²) in [7, 11) is 0. The van der Waals surface area contributed by atoms with Crippen molar-refractivity contribution < 1.29 is 19.2 Å². The lowest BCUT2D eigenvalue weighted by atomic mass is 10.2. The third-order valence-electron chi connectivity index (χ3n) is 2.53. The number of aliphatic carboxylic acids is 1. The summed E-state index contributed by atoms with van der Waals surface area (Å²) < 4.78 is 13.2. The smallest absolute Gasteiger partial charge is 0.331 e. The third-order valence-corrected chi connectivity index (χ3v) is 3.47. The maximum atomic E-state index is 13.2. The van der Waals surface area contributed by atoms with E-state index < -0.39 is 22.8 Å². The average molecular weight is 296 g/mol. The van der Waals surface area contributed by atoms with E-state index in [1.165, 1.54) is 11.3 Å². The summed E-state index contributed by atoms with van der Waals surface area (Å²) in [5.41, 5.74) is -0.551. The molecule has 8 heteroatoms. The molecule has 2 rings (SSSR count). The first-order chi connectivity index (χ1) is 9.49. The van der Waals surface area contributed by atoms with Crippen LogP contribution in [0.2, 0.25) is 0 Å². The maximum Gasteiger partial charge on any atom is 0.331 e. The molecule has 2 aromatic rings. The Hall–Kier alpha value is -2.48. The number of hydrogen-bond acceptors (Lipinski definition) is 5. The fourth-order valence-corrected chi connectivity index (χ4v) is 2.42. The second-order valence-electron chi connectivity index (χ2n) is 3.85. The number of benzene rings is 1. The predicted octanol–water partition coefficient (Wildman–Crippen LogP) is 3.03. The Bertz CT molecular complexity index is 645. The summed E-state index contributed by atoms with van der Waals surface area (Å²) in [5, 5.41) is 24.2. The Morgan fingerprint density at radius 2 is 2.20 bits per heavy atom. The van der Waals surface area contributed by atoms with Crippen LogP contribution in [-0.2, 0) is 4.79 Å². The summed E-state index contributed by atoms with van der Waals surface area (Å²) in [6, 6.07) is 4.92. The molecule has 0 radical (unpaired) electrons. The number of carboxylic acids is 1. The van der Waals surface area contributed by atoms with Crippen molar-refractivity contribution in [3.05, 3.63) is 56.5 Å². The Kier molecular flexibility index (Phi) is 3.94. The third kappa shape index (κ3) is 2.91. The zero-order valence-electron chi connectivity index (χ0n) is 9.95. The summed E-state index contributed by atoms with van der Waals surface area (Å²) >= 11 is 1.19. The highest BCUT2D eigenvalue weighted by Crippen LogP contribution is 2.30. The Morgan fingerprint density at radius 1 is 1.45 bits per heavy atom. The molecule has 0 fully saturated rings. The highest BCUT2D eigenvalue weighted by atomic mass is 32.1. The second-order valence-corrected chi connectivity index (χ2v) is 4.83. The maximum absolute atomic E-state index is 13.2. The molecule has 0 aliphatic heterocycles. The molecular formula is C12H9FN2O4S. The second kappa shape index (κ2) is 5.66. The molecule has 104 valence electrons. The number of hydrogen-bond donors (Lipinski definition) is 2. The number of carboxylic acid groups (broad SMARTS) is 1. The minimum absolute atomic E-state index is 0.171. The number of nitro benzene ring substituents is 1. The van der Waals surface area contributed by atoms with Gasteiger partial charge in [-0.15, -0.1) is 11.3 Å². The van der Waals surface area contributed by atoms with Crippen LogP contribution in [0, 0.1) is 15.9 Å². The van der Waals surface area contributed by atoms with Gasteiger partial charge in [0.25, 0.3) is 5.69 Å². The van der Waals surface area contributed by atoms with Gasteiger partial charge < -0.3 is 10.4 Å². The first kappa shape index (κ1) is 13.9. The highest BCUT2D eigenvalue weighted by Gasteiger charge is 2.24. The molecule has 0 amide bonds. The molecule has 0 aliphatic rings. The standard InChI is InChI=1S/C12H9FN2O4S/c13-7-3-4-9(15(18)19)8(6-7)14-11(12(16)17)10-2-1-5-20-10/h1-6,11,14H,(H,16,17). The van der Waals surface area contributed by atoms with Gasteiger partial charge in [-0.2, -0.15) is 0 Å². The van der Waals surface area contributed by atoms with Gasteiger partial charge in [-0.05, 0) is 17.5 Å². The molecule has 0 aliphatic carbocycles. The number of carbonyl (C=O) groups is 1. The topological polar surface area (TPSA) is 92.5 Å². The largest absolute Gasteiger partial charge is 0.479 e. The number of nitrogens with one attached hydrogen (secondary N) is 1. The number of nitro groups is 1. The lowest BCUT2D eigenvalue weighted by molar-refractivity contribution is -0.384. The monoisotopic (exact) mass is 296 g/mol. The fourth-order valence-electron chi connectivity index (χ4n) is 1.65. The quantitative estimate of drug-likeness (QED) is 0.653. The molecule has 1 aromatic heterocycles. The van der Waals surface area contributed by atoms with Crippen molar-refractivity contribution in [3.8, 4) is 0 Å². The molecule has 1 atom stereocenters. The van der Waals surface area contributed by atoms with Gasteiger partial charge in [-0.3, -0.25) is 10.1 Å². The Balaban J connectivity index is 2.38. The van der Waals surface area contributed by atoms with Crippen molar-refractivity contribution in [2.24, 2.45) is 0 Å². The lowest BCUT2D eigenvalue weighted by Crippen LogP contribution is -2.20. The number of thiophene rings is 1. The Labute approximate surface area is 116 Å². The van der Waals surface area contributed by atoms with E-state index in [-0.39, 0.29) is 11.4 Å². The van der Waals surface area contributed by atoms with E-state index in [1.807, 2.05) is 0 Å². The molecule has 0 saturated carbocycles. The van der Waals surface area contributed by atoms with Gasteiger partial charge >= 0.3 is 5.97 Å². The number of halogens is 1. The first-order valence-corrected chi connectivity index (χ1v) is 6.33. The lowest BCUT2D eigenvalue weighted by Gasteiger charge is -2.14. The van der Waals surface area contributed by atoms with Crippen molar-refractivity contribution >= 4 is 28.7 Å². The van der Waals surface area contributed by atoms with E-state index in [0.717, 1.165) is 18.2 Å². The van der Waals surface area contributed by atoms with Crippen LogP contribution in [-0.4, -0.2) is 16.0 Å². The molecule has 1 aromatic carbocycles. The fraction of sp³-hybridized carbons (Fsp3) is 0.0833. The van der Waals surface area contributed by atoms with Gasteiger partial charge in [0.2, 0.25) is 0 Å². The molecular weight excluding hydrogens is 287 g/mol. The molecule has 0 bridgehead atoms. The van der Waals surface area contributed by atoms with Crippen molar-refractivity contribution in [3.63, 3.8) is 0 Å². The van der Waals surface area contributed by atoms with Gasteiger partial charge in [0.1, 0.15) is 11.5 Å². The van der Waals surface area contributed by atoms with E-state index in [9.17, 15) is 24.4 Å². The van der Waals surface area contributed by atoms with Crippen molar-refractivity contribution in [2.75, 3.05) is 5.32 Å². The molecule has 6 nitrogen and oxygen atoms in total. The van der Waals surface area contributed by atoms with Crippen LogP contribution in [0.5, 0.6) is 0 Å². The highest BCUT2D eigenvalue weighted by molar-refractivity contribution is 7.10. The number of rotatable bonds is 5. The van der Waals surface area contributed by atoms with Crippen LogP contribution < -0.4 is 5.32 Å². The minimum atomic E-state index is -1.20. The van der Waals surface area contributed by atoms with E-state index in [1.54, 1.807) is 17.5 Å². The normalized spacial score (nSPS) is 11.8. The van der Waals surface area contributed by atoms with Crippen LogP contribution in [0.1, 0.15) is 10.9 Å². The van der Waals surface area contributed by atoms with E-state index in [0.29, 0.717) is 4.88 Å².